The highest BCUT2D eigenvalue weighted by Gasteiger charge is 2.72. The van der Waals surface area contributed by atoms with E-state index in [9.17, 15) is 13.6 Å². The minimum absolute atomic E-state index is 0.0600. The molecular weight excluding hydrogens is 515 g/mol. The highest BCUT2D eigenvalue weighted by atomic mass is 35.5. The first-order valence-electron chi connectivity index (χ1n) is 11.6. The summed E-state index contributed by atoms with van der Waals surface area (Å²) in [6.07, 6.45) is 2.48. The third-order valence-electron chi connectivity index (χ3n) is 7.89. The van der Waals surface area contributed by atoms with Gasteiger partial charge in [0.2, 0.25) is 15.8 Å². The molecule has 0 radical (unpaired) electrons. The maximum Gasteiger partial charge on any atom is 0.297 e. The molecule has 0 amide bonds. The van der Waals surface area contributed by atoms with Crippen molar-refractivity contribution in [2.75, 3.05) is 40.5 Å². The number of sulfonamides is 1. The van der Waals surface area contributed by atoms with Crippen molar-refractivity contribution in [3.8, 4) is 17.2 Å². The van der Waals surface area contributed by atoms with Gasteiger partial charge in [0.15, 0.2) is 7.11 Å². The third kappa shape index (κ3) is 4.16. The first-order valence-corrected chi connectivity index (χ1v) is 13.8. The molecule has 2 aromatic carbocycles. The van der Waals surface area contributed by atoms with Gasteiger partial charge in [-0.3, -0.25) is 0 Å². The third-order valence-corrected chi connectivity index (χ3v) is 10.2. The van der Waals surface area contributed by atoms with Crippen molar-refractivity contribution in [2.45, 2.75) is 36.2 Å². The zero-order valence-corrected chi connectivity index (χ0v) is 21.9. The smallest absolute Gasteiger partial charge is 0.297 e. The fourth-order valence-corrected chi connectivity index (χ4v) is 8.65. The summed E-state index contributed by atoms with van der Waals surface area (Å²) in [5.41, 5.74) is -0.0880. The Hall–Kier alpha value is -1.75. The Kier molecular flexibility index (Phi) is 6.39. The van der Waals surface area contributed by atoms with E-state index < -0.39 is 14.7 Å². The maximum atomic E-state index is 13.7. The van der Waals surface area contributed by atoms with Gasteiger partial charge in [-0.05, 0) is 37.1 Å². The quantitative estimate of drug-likeness (QED) is 0.282. The molecule has 5 rings (SSSR count). The predicted molar refractivity (Wildman–Crippen MR) is 134 cm³/mol. The summed E-state index contributed by atoms with van der Waals surface area (Å²) in [6, 6.07) is 9.29. The highest BCUT2D eigenvalue weighted by molar-refractivity contribution is 7.89. The lowest BCUT2D eigenvalue weighted by Gasteiger charge is -2.73. The predicted octanol–water partition coefficient (Wildman–Crippen LogP) is 4.19. The lowest BCUT2D eigenvalue weighted by atomic mass is 9.51. The molecular formula is C24H29Cl2N2O6S+. The Morgan fingerprint density at radius 2 is 1.91 bits per heavy atom. The summed E-state index contributed by atoms with van der Waals surface area (Å²) in [4.78, 5) is 0.0737. The zero-order valence-electron chi connectivity index (χ0n) is 19.6. The molecule has 3 fully saturated rings. The molecule has 3 aliphatic rings. The molecule has 1 N–H and O–H groups in total. The molecule has 11 heteroatoms. The maximum absolute atomic E-state index is 13.7. The van der Waals surface area contributed by atoms with Crippen LogP contribution in [0, 0.1) is 10.6 Å². The van der Waals surface area contributed by atoms with E-state index in [4.69, 9.17) is 32.7 Å². The average molecular weight is 544 g/mol. The second-order valence-corrected chi connectivity index (χ2v) is 12.3. The monoisotopic (exact) mass is 543 g/mol. The molecule has 2 saturated heterocycles. The number of likely N-dealkylation sites (tertiary alicyclic amines) is 1. The van der Waals surface area contributed by atoms with E-state index in [0.29, 0.717) is 24.5 Å². The molecule has 35 heavy (non-hydrogen) atoms. The van der Waals surface area contributed by atoms with E-state index in [-0.39, 0.29) is 52.1 Å². The van der Waals surface area contributed by atoms with Gasteiger partial charge in [0.25, 0.3) is 5.75 Å². The number of quaternary nitrogens is 1. The van der Waals surface area contributed by atoms with Crippen molar-refractivity contribution >= 4 is 33.2 Å². The molecule has 0 aromatic heterocycles. The lowest BCUT2D eigenvalue weighted by molar-refractivity contribution is -0.893. The molecule has 8 nitrogen and oxygen atoms in total. The van der Waals surface area contributed by atoms with Crippen LogP contribution in [0.5, 0.6) is 17.2 Å². The normalized spacial score (nSPS) is 29.9. The molecule has 1 saturated carbocycles. The number of rotatable bonds is 8. The van der Waals surface area contributed by atoms with E-state index in [2.05, 4.69) is 4.74 Å². The minimum Gasteiger partial charge on any atom is -0.633 e. The van der Waals surface area contributed by atoms with Crippen molar-refractivity contribution < 1.29 is 27.3 Å². The number of nitrogens with zero attached hydrogens (tertiary/aromatic N) is 2. The molecule has 4 unspecified atom stereocenters. The van der Waals surface area contributed by atoms with Gasteiger partial charge in [-0.25, -0.2) is 8.42 Å². The fourth-order valence-electron chi connectivity index (χ4n) is 5.94. The van der Waals surface area contributed by atoms with Gasteiger partial charge in [-0.2, -0.15) is 4.31 Å². The minimum atomic E-state index is -3.82. The van der Waals surface area contributed by atoms with Crippen LogP contribution in [0.3, 0.4) is 0 Å². The van der Waals surface area contributed by atoms with Crippen LogP contribution in [0.1, 0.15) is 19.3 Å². The molecule has 1 aliphatic carbocycles. The Bertz CT molecular complexity index is 1220. The lowest BCUT2D eigenvalue weighted by Crippen LogP contribution is -2.83. The average Bonchev–Trinajstić information content (AvgIpc) is 2.80. The van der Waals surface area contributed by atoms with Crippen LogP contribution >= 0.6 is 23.2 Å². The number of ether oxygens (including phenoxy) is 3. The van der Waals surface area contributed by atoms with Crippen LogP contribution in [0.25, 0.3) is 0 Å². The summed E-state index contributed by atoms with van der Waals surface area (Å²) in [5.74, 6) is 1.92. The summed E-state index contributed by atoms with van der Waals surface area (Å²) in [5, 5.41) is 14.2. The fraction of sp³-hybridized carbons (Fsp3) is 0.500. The topological polar surface area (TPSA) is 91.7 Å². The Labute approximate surface area is 215 Å². The summed E-state index contributed by atoms with van der Waals surface area (Å²) >= 11 is 12.2. The van der Waals surface area contributed by atoms with Gasteiger partial charge in [0.1, 0.15) is 18.9 Å². The van der Waals surface area contributed by atoms with E-state index in [0.717, 1.165) is 18.6 Å². The molecule has 0 bridgehead atoms. The van der Waals surface area contributed by atoms with Crippen LogP contribution in [0.15, 0.2) is 41.3 Å². The number of piperidine rings is 2. The van der Waals surface area contributed by atoms with Gasteiger partial charge in [-0.1, -0.05) is 23.2 Å². The summed E-state index contributed by atoms with van der Waals surface area (Å²) in [6.45, 7) is 1.12. The van der Waals surface area contributed by atoms with Crippen LogP contribution in [-0.4, -0.2) is 74.7 Å². The number of aliphatic hydroxyl groups is 1. The molecule has 4 atom stereocenters. The van der Waals surface area contributed by atoms with Crippen LogP contribution in [0.2, 0.25) is 10.0 Å². The molecule has 2 aliphatic heterocycles. The molecule has 2 aromatic rings. The van der Waals surface area contributed by atoms with Gasteiger partial charge in [-0.15, -0.1) is 0 Å². The van der Waals surface area contributed by atoms with E-state index in [1.54, 1.807) is 36.7 Å². The number of hydrogen-bond acceptors (Lipinski definition) is 5. The number of hydroxylamine groups is 3. The van der Waals surface area contributed by atoms with Crippen molar-refractivity contribution in [1.29, 1.82) is 0 Å². The van der Waals surface area contributed by atoms with Crippen molar-refractivity contribution in [1.82, 2.24) is 4.31 Å². The number of hydrogen-bond donors (Lipinski definition) is 0. The van der Waals surface area contributed by atoms with Gasteiger partial charge >= 0.3 is 0 Å². The second-order valence-electron chi connectivity index (χ2n) is 9.59. The van der Waals surface area contributed by atoms with Crippen LogP contribution in [0.4, 0.5) is 0 Å². The Balaban J connectivity index is 1.29. The van der Waals surface area contributed by atoms with E-state index >= 15 is 0 Å². The number of halogens is 2. The first kappa shape index (κ1) is 24.9. The molecule has 190 valence electrons. The molecule has 1 spiro atoms. The van der Waals surface area contributed by atoms with Crippen LogP contribution < -0.4 is 9.47 Å². The standard InChI is InChI=1S/C24H28Cl2N2O6S/c1-32-20-4-3-18(14-21(20)33-2)34-10-9-28(29)8-7-24-6-5-22(24)27(23(24)15-28)35(30,31)19-12-16(25)11-17(26)13-19/h3-4,11-14,22-23H,5-10,15H2,1-2H3/p+1. The molecule has 2 heterocycles. The number of benzene rings is 2. The first-order chi connectivity index (χ1) is 16.6. The van der Waals surface area contributed by atoms with E-state index in [1.165, 1.54) is 18.2 Å². The summed E-state index contributed by atoms with van der Waals surface area (Å²) in [7, 11) is -0.567. The Morgan fingerprint density at radius 1 is 1.17 bits per heavy atom. The van der Waals surface area contributed by atoms with Gasteiger partial charge < -0.3 is 24.1 Å². The highest BCUT2D eigenvalue weighted by Crippen LogP contribution is 2.63. The van der Waals surface area contributed by atoms with Crippen LogP contribution in [-0.2, 0) is 10.0 Å². The van der Waals surface area contributed by atoms with E-state index in [1.807, 2.05) is 0 Å². The second kappa shape index (κ2) is 8.97. The van der Waals surface area contributed by atoms with Gasteiger partial charge in [0.05, 0.1) is 31.1 Å². The SMILES string of the molecule is COc1cc(OCC[N+]2([O-])CCC34CCC3N(S(=O)(=O)c3cc(Cl)cc(Cl)c3)C4C2)ccc1[OH+]C. The summed E-state index contributed by atoms with van der Waals surface area (Å²) < 4.78 is 43.5. The zero-order chi connectivity index (χ0) is 25.0. The van der Waals surface area contributed by atoms with Crippen molar-refractivity contribution in [3.05, 3.63) is 51.7 Å². The largest absolute Gasteiger partial charge is 0.633 e. The Morgan fingerprint density at radius 3 is 2.54 bits per heavy atom. The van der Waals surface area contributed by atoms with Crippen molar-refractivity contribution in [3.63, 3.8) is 0 Å². The number of aromatic hydroxyl groups is 1. The van der Waals surface area contributed by atoms with Gasteiger partial charge in [0, 0.05) is 40.1 Å². The van der Waals surface area contributed by atoms with Crippen molar-refractivity contribution in [2.24, 2.45) is 5.41 Å². The number of methoxy groups -OCH3 is 1.